The Morgan fingerprint density at radius 2 is 1.31 bits per heavy atom. The molecule has 5 aromatic rings. The Morgan fingerprint density at radius 3 is 2.03 bits per heavy atom. The van der Waals surface area contributed by atoms with Crippen LogP contribution < -0.4 is 4.57 Å². The quantitative estimate of drug-likeness (QED) is 0.337. The molecule has 29 heavy (non-hydrogen) atoms. The third kappa shape index (κ3) is 2.94. The Bertz CT molecular complexity index is 1300. The molecule has 0 radical (unpaired) electrons. The molecule has 0 aliphatic heterocycles. The summed E-state index contributed by atoms with van der Waals surface area (Å²) in [6, 6.07) is 36.6. The Balaban J connectivity index is 1.87. The zero-order valence-electron chi connectivity index (χ0n) is 16.7. The third-order valence-corrected chi connectivity index (χ3v) is 5.61. The standard InChI is InChI=1S/C27H23N2/c1-20-11-9-10-16-24(20)27-28(2)25-18-17-22(21-12-5-3-6-13-21)19-26(25)29(27)23-14-7-4-8-15-23/h3-19H,1-2H3/q+1. The van der Waals surface area contributed by atoms with Crippen molar-refractivity contribution in [1.82, 2.24) is 4.57 Å². The first kappa shape index (κ1) is 17.4. The fourth-order valence-electron chi connectivity index (χ4n) is 4.14. The summed E-state index contributed by atoms with van der Waals surface area (Å²) in [5.74, 6) is 1.19. The first-order valence-electron chi connectivity index (χ1n) is 9.95. The summed E-state index contributed by atoms with van der Waals surface area (Å²) < 4.78 is 4.68. The summed E-state index contributed by atoms with van der Waals surface area (Å²) in [6.07, 6.45) is 0. The van der Waals surface area contributed by atoms with Crippen LogP contribution in [0, 0.1) is 6.92 Å². The minimum atomic E-state index is 1.17. The van der Waals surface area contributed by atoms with Crippen LogP contribution in [0.15, 0.2) is 103 Å². The second-order valence-electron chi connectivity index (χ2n) is 7.44. The number of nitrogens with zero attached hydrogens (tertiary/aromatic N) is 2. The van der Waals surface area contributed by atoms with E-state index in [1.54, 1.807) is 0 Å². The highest BCUT2D eigenvalue weighted by molar-refractivity contribution is 5.84. The van der Waals surface area contributed by atoms with E-state index in [0.29, 0.717) is 0 Å². The van der Waals surface area contributed by atoms with Gasteiger partial charge in [0.25, 0.3) is 5.82 Å². The molecule has 0 atom stereocenters. The van der Waals surface area contributed by atoms with Gasteiger partial charge in [-0.1, -0.05) is 66.7 Å². The average Bonchev–Trinajstić information content (AvgIpc) is 3.07. The Morgan fingerprint density at radius 1 is 0.655 bits per heavy atom. The highest BCUT2D eigenvalue weighted by atomic mass is 15.2. The first-order valence-corrected chi connectivity index (χ1v) is 9.95. The van der Waals surface area contributed by atoms with Crippen molar-refractivity contribution in [3.63, 3.8) is 0 Å². The molecule has 0 bridgehead atoms. The van der Waals surface area contributed by atoms with E-state index in [0.717, 1.165) is 0 Å². The van der Waals surface area contributed by atoms with Crippen molar-refractivity contribution >= 4 is 11.0 Å². The van der Waals surface area contributed by atoms with Crippen LogP contribution in [-0.2, 0) is 7.05 Å². The van der Waals surface area contributed by atoms with Crippen LogP contribution in [0.4, 0.5) is 0 Å². The number of imidazole rings is 1. The molecule has 0 aliphatic carbocycles. The van der Waals surface area contributed by atoms with Gasteiger partial charge in [0.05, 0.1) is 12.6 Å². The molecule has 0 N–H and O–H groups in total. The fraction of sp³-hybridized carbons (Fsp3) is 0.0741. The Hall–Kier alpha value is -3.65. The topological polar surface area (TPSA) is 8.81 Å². The molecule has 0 unspecified atom stereocenters. The summed E-state index contributed by atoms with van der Waals surface area (Å²) in [5.41, 5.74) is 8.56. The number of aryl methyl sites for hydroxylation is 2. The number of hydrogen-bond donors (Lipinski definition) is 0. The van der Waals surface area contributed by atoms with Crippen molar-refractivity contribution in [2.75, 3.05) is 0 Å². The van der Waals surface area contributed by atoms with Crippen LogP contribution in [0.2, 0.25) is 0 Å². The normalized spacial score (nSPS) is 11.1. The molecular formula is C27H23N2+. The van der Waals surface area contributed by atoms with Crippen molar-refractivity contribution in [2.24, 2.45) is 7.05 Å². The summed E-state index contributed by atoms with van der Waals surface area (Å²) in [6.45, 7) is 2.18. The number of hydrogen-bond acceptors (Lipinski definition) is 0. The van der Waals surface area contributed by atoms with Gasteiger partial charge in [-0.05, 0) is 60.0 Å². The minimum Gasteiger partial charge on any atom is -0.225 e. The molecule has 2 nitrogen and oxygen atoms in total. The molecule has 0 amide bonds. The first-order chi connectivity index (χ1) is 14.2. The van der Waals surface area contributed by atoms with Crippen LogP contribution in [0.3, 0.4) is 0 Å². The maximum atomic E-state index is 2.38. The van der Waals surface area contributed by atoms with Crippen molar-refractivity contribution in [2.45, 2.75) is 6.92 Å². The summed E-state index contributed by atoms with van der Waals surface area (Å²) in [5, 5.41) is 0. The van der Waals surface area contributed by atoms with E-state index in [9.17, 15) is 0 Å². The van der Waals surface area contributed by atoms with Gasteiger partial charge in [-0.25, -0.2) is 4.57 Å². The molecule has 2 heteroatoms. The lowest BCUT2D eigenvalue weighted by Crippen LogP contribution is -2.30. The molecular weight excluding hydrogens is 352 g/mol. The van der Waals surface area contributed by atoms with Crippen molar-refractivity contribution in [3.8, 4) is 28.2 Å². The van der Waals surface area contributed by atoms with Crippen LogP contribution >= 0.6 is 0 Å². The second-order valence-corrected chi connectivity index (χ2v) is 7.44. The number of benzene rings is 4. The predicted molar refractivity (Wildman–Crippen MR) is 120 cm³/mol. The van der Waals surface area contributed by atoms with Crippen LogP contribution in [0.5, 0.6) is 0 Å². The smallest absolute Gasteiger partial charge is 0.225 e. The van der Waals surface area contributed by atoms with E-state index in [2.05, 4.69) is 126 Å². The van der Waals surface area contributed by atoms with Gasteiger partial charge in [0.1, 0.15) is 5.69 Å². The van der Waals surface area contributed by atoms with Crippen LogP contribution in [0.1, 0.15) is 5.56 Å². The molecule has 0 aliphatic rings. The zero-order valence-corrected chi connectivity index (χ0v) is 16.7. The van der Waals surface area contributed by atoms with E-state index in [1.807, 2.05) is 0 Å². The highest BCUT2D eigenvalue weighted by Gasteiger charge is 2.27. The summed E-state index contributed by atoms with van der Waals surface area (Å²) in [4.78, 5) is 0. The van der Waals surface area contributed by atoms with Gasteiger partial charge in [0, 0.05) is 0 Å². The van der Waals surface area contributed by atoms with Crippen molar-refractivity contribution < 1.29 is 4.57 Å². The molecule has 0 saturated carbocycles. The molecule has 4 aromatic carbocycles. The van der Waals surface area contributed by atoms with E-state index < -0.39 is 0 Å². The predicted octanol–water partition coefficient (Wildman–Crippen LogP) is 6.10. The van der Waals surface area contributed by atoms with E-state index in [4.69, 9.17) is 0 Å². The second kappa shape index (κ2) is 7.06. The number of fused-ring (bicyclic) bond motifs is 1. The van der Waals surface area contributed by atoms with Gasteiger partial charge in [0.2, 0.25) is 0 Å². The van der Waals surface area contributed by atoms with Gasteiger partial charge >= 0.3 is 0 Å². The fourth-order valence-corrected chi connectivity index (χ4v) is 4.14. The van der Waals surface area contributed by atoms with Gasteiger partial charge in [-0.2, -0.15) is 4.57 Å². The molecule has 1 aromatic heterocycles. The zero-order chi connectivity index (χ0) is 19.8. The lowest BCUT2D eigenvalue weighted by Gasteiger charge is -2.06. The molecule has 5 rings (SSSR count). The van der Waals surface area contributed by atoms with Gasteiger partial charge in [-0.15, -0.1) is 0 Å². The lowest BCUT2D eigenvalue weighted by atomic mass is 10.1. The highest BCUT2D eigenvalue weighted by Crippen LogP contribution is 2.31. The average molecular weight is 375 g/mol. The van der Waals surface area contributed by atoms with E-state index in [1.165, 1.54) is 44.8 Å². The molecule has 140 valence electrons. The minimum absolute atomic E-state index is 1.17. The molecule has 1 heterocycles. The monoisotopic (exact) mass is 375 g/mol. The molecule has 0 saturated heterocycles. The number of rotatable bonds is 3. The lowest BCUT2D eigenvalue weighted by molar-refractivity contribution is -0.633. The summed E-state index contributed by atoms with van der Waals surface area (Å²) in [7, 11) is 2.16. The SMILES string of the molecule is Cc1ccccc1-c1n(-c2ccccc2)c2cc(-c3ccccc3)ccc2[n+]1C. The Kier molecular flexibility index (Phi) is 4.25. The van der Waals surface area contributed by atoms with Gasteiger partial charge in [0.15, 0.2) is 11.0 Å². The van der Waals surface area contributed by atoms with E-state index in [-0.39, 0.29) is 0 Å². The largest absolute Gasteiger partial charge is 0.295 e. The third-order valence-electron chi connectivity index (χ3n) is 5.61. The number of para-hydroxylation sites is 1. The maximum Gasteiger partial charge on any atom is 0.295 e. The van der Waals surface area contributed by atoms with Gasteiger partial charge in [-0.3, -0.25) is 0 Å². The van der Waals surface area contributed by atoms with Crippen molar-refractivity contribution in [1.29, 1.82) is 0 Å². The van der Waals surface area contributed by atoms with Crippen molar-refractivity contribution in [3.05, 3.63) is 109 Å². The van der Waals surface area contributed by atoms with Gasteiger partial charge < -0.3 is 0 Å². The van der Waals surface area contributed by atoms with Crippen LogP contribution in [0.25, 0.3) is 39.2 Å². The molecule has 0 spiro atoms. The van der Waals surface area contributed by atoms with Crippen LogP contribution in [-0.4, -0.2) is 4.57 Å². The van der Waals surface area contributed by atoms with E-state index >= 15 is 0 Å². The summed E-state index contributed by atoms with van der Waals surface area (Å²) >= 11 is 0. The number of aromatic nitrogens is 2. The molecule has 0 fully saturated rings. The Labute approximate surface area is 171 Å². The maximum absolute atomic E-state index is 2.38.